The molecule has 0 amide bonds. The molecule has 0 bridgehead atoms. The molecule has 1 fully saturated rings. The Balaban J connectivity index is 1.76. The summed E-state index contributed by atoms with van der Waals surface area (Å²) in [5.74, 6) is 1.10. The second-order valence-corrected chi connectivity index (χ2v) is 5.59. The minimum atomic E-state index is -0.257. The Morgan fingerprint density at radius 3 is 2.89 bits per heavy atom. The maximum Gasteiger partial charge on any atom is 0.164 e. The van der Waals surface area contributed by atoms with Crippen molar-refractivity contribution in [3.63, 3.8) is 0 Å². The molecule has 3 nitrogen and oxygen atoms in total. The number of benzene rings is 1. The molecule has 0 aromatic heterocycles. The summed E-state index contributed by atoms with van der Waals surface area (Å²) >= 11 is 0. The first-order valence-corrected chi connectivity index (χ1v) is 6.74. The van der Waals surface area contributed by atoms with Crippen molar-refractivity contribution in [3.05, 3.63) is 29.3 Å². The van der Waals surface area contributed by atoms with Gasteiger partial charge in [-0.05, 0) is 36.6 Å². The van der Waals surface area contributed by atoms with E-state index in [1.807, 2.05) is 18.2 Å². The van der Waals surface area contributed by atoms with Gasteiger partial charge in [-0.3, -0.25) is 4.79 Å². The van der Waals surface area contributed by atoms with E-state index in [0.717, 1.165) is 55.6 Å². The molecule has 1 aromatic carbocycles. The number of fused-ring (bicyclic) bond motifs is 1. The predicted molar refractivity (Wildman–Crippen MR) is 70.0 cm³/mol. The summed E-state index contributed by atoms with van der Waals surface area (Å²) in [5.41, 5.74) is 7.95. The van der Waals surface area contributed by atoms with E-state index in [0.29, 0.717) is 6.42 Å². The van der Waals surface area contributed by atoms with E-state index >= 15 is 0 Å². The molecule has 0 unspecified atom stereocenters. The van der Waals surface area contributed by atoms with Gasteiger partial charge in [0.2, 0.25) is 0 Å². The number of nitrogens with two attached hydrogens (primary N) is 1. The van der Waals surface area contributed by atoms with E-state index in [-0.39, 0.29) is 11.3 Å². The van der Waals surface area contributed by atoms with E-state index in [1.54, 1.807) is 0 Å². The zero-order valence-corrected chi connectivity index (χ0v) is 10.6. The lowest BCUT2D eigenvalue weighted by atomic mass is 9.89. The molecular weight excluding hydrogens is 226 g/mol. The van der Waals surface area contributed by atoms with Crippen LogP contribution in [0.2, 0.25) is 0 Å². The quantitative estimate of drug-likeness (QED) is 0.832. The number of hydrogen-bond donors (Lipinski definition) is 1. The van der Waals surface area contributed by atoms with Crippen LogP contribution in [-0.4, -0.2) is 17.9 Å². The summed E-state index contributed by atoms with van der Waals surface area (Å²) < 4.78 is 5.45. The number of hydrogen-bond acceptors (Lipinski definition) is 3. The first-order valence-electron chi connectivity index (χ1n) is 6.74. The first-order chi connectivity index (χ1) is 8.66. The Morgan fingerprint density at radius 1 is 1.33 bits per heavy atom. The zero-order chi connectivity index (χ0) is 12.6. The van der Waals surface area contributed by atoms with Crippen LogP contribution in [0.1, 0.15) is 48.0 Å². The summed E-state index contributed by atoms with van der Waals surface area (Å²) in [6.07, 6.45) is 5.65. The smallest absolute Gasteiger partial charge is 0.164 e. The lowest BCUT2D eigenvalue weighted by Gasteiger charge is -2.22. The molecule has 0 saturated heterocycles. The molecule has 1 heterocycles. The minimum absolute atomic E-state index is 0.175. The fourth-order valence-corrected chi connectivity index (χ4v) is 3.04. The SMILES string of the molecule is NC1(CC(=O)c2ccc3c(c2)CCO3)CCCC1. The Morgan fingerprint density at radius 2 is 2.11 bits per heavy atom. The second kappa shape index (κ2) is 4.39. The highest BCUT2D eigenvalue weighted by Crippen LogP contribution is 2.32. The number of Topliss-reactive ketones (excluding diaryl/α,β-unsaturated/α-hetero) is 1. The Bertz CT molecular complexity index is 475. The van der Waals surface area contributed by atoms with Crippen molar-refractivity contribution in [2.24, 2.45) is 5.73 Å². The minimum Gasteiger partial charge on any atom is -0.493 e. The van der Waals surface area contributed by atoms with Crippen LogP contribution in [0.4, 0.5) is 0 Å². The van der Waals surface area contributed by atoms with Crippen molar-refractivity contribution in [2.45, 2.75) is 44.1 Å². The van der Waals surface area contributed by atoms with Gasteiger partial charge in [0.15, 0.2) is 5.78 Å². The summed E-state index contributed by atoms with van der Waals surface area (Å²) in [7, 11) is 0. The highest BCUT2D eigenvalue weighted by Gasteiger charge is 2.32. The van der Waals surface area contributed by atoms with Gasteiger partial charge in [0.1, 0.15) is 5.75 Å². The number of carbonyl (C=O) groups is 1. The number of carbonyl (C=O) groups excluding carboxylic acids is 1. The molecule has 3 heteroatoms. The molecule has 2 aliphatic rings. The maximum atomic E-state index is 12.3. The normalized spacial score (nSPS) is 20.5. The van der Waals surface area contributed by atoms with Crippen LogP contribution in [0.5, 0.6) is 5.75 Å². The molecule has 0 radical (unpaired) electrons. The molecule has 1 aliphatic carbocycles. The largest absolute Gasteiger partial charge is 0.493 e. The van der Waals surface area contributed by atoms with E-state index in [9.17, 15) is 4.79 Å². The van der Waals surface area contributed by atoms with Gasteiger partial charge in [-0.15, -0.1) is 0 Å². The molecule has 1 saturated carbocycles. The fraction of sp³-hybridized carbons (Fsp3) is 0.533. The molecule has 2 N–H and O–H groups in total. The molecule has 0 spiro atoms. The van der Waals surface area contributed by atoms with Crippen molar-refractivity contribution in [2.75, 3.05) is 6.61 Å². The van der Waals surface area contributed by atoms with Gasteiger partial charge in [-0.1, -0.05) is 12.8 Å². The van der Waals surface area contributed by atoms with Crippen LogP contribution in [0, 0.1) is 0 Å². The summed E-state index contributed by atoms with van der Waals surface area (Å²) in [5, 5.41) is 0. The standard InChI is InChI=1S/C15H19NO2/c16-15(6-1-2-7-15)10-13(17)11-3-4-14-12(9-11)5-8-18-14/h3-4,9H,1-2,5-8,10,16H2. The molecular formula is C15H19NO2. The molecule has 18 heavy (non-hydrogen) atoms. The van der Waals surface area contributed by atoms with Gasteiger partial charge in [0, 0.05) is 23.9 Å². The van der Waals surface area contributed by atoms with E-state index in [1.165, 1.54) is 0 Å². The van der Waals surface area contributed by atoms with Gasteiger partial charge >= 0.3 is 0 Å². The highest BCUT2D eigenvalue weighted by molar-refractivity contribution is 5.97. The Kier molecular flexibility index (Phi) is 2.86. The van der Waals surface area contributed by atoms with Gasteiger partial charge < -0.3 is 10.5 Å². The van der Waals surface area contributed by atoms with Crippen molar-refractivity contribution in [3.8, 4) is 5.75 Å². The molecule has 96 valence electrons. The van der Waals surface area contributed by atoms with Crippen molar-refractivity contribution >= 4 is 5.78 Å². The summed E-state index contributed by atoms with van der Waals surface area (Å²) in [6, 6.07) is 5.75. The van der Waals surface area contributed by atoms with Gasteiger partial charge in [0.25, 0.3) is 0 Å². The third-order valence-electron chi connectivity index (χ3n) is 4.12. The van der Waals surface area contributed by atoms with E-state index < -0.39 is 0 Å². The van der Waals surface area contributed by atoms with Crippen LogP contribution in [0.3, 0.4) is 0 Å². The number of ether oxygens (including phenoxy) is 1. The van der Waals surface area contributed by atoms with E-state index in [2.05, 4.69) is 0 Å². The van der Waals surface area contributed by atoms with Crippen LogP contribution in [0.15, 0.2) is 18.2 Å². The van der Waals surface area contributed by atoms with Crippen molar-refractivity contribution in [1.29, 1.82) is 0 Å². The lowest BCUT2D eigenvalue weighted by molar-refractivity contribution is 0.0952. The molecule has 0 atom stereocenters. The zero-order valence-electron chi connectivity index (χ0n) is 10.6. The third kappa shape index (κ3) is 2.15. The van der Waals surface area contributed by atoms with Crippen LogP contribution in [-0.2, 0) is 6.42 Å². The van der Waals surface area contributed by atoms with Gasteiger partial charge in [-0.2, -0.15) is 0 Å². The highest BCUT2D eigenvalue weighted by atomic mass is 16.5. The first kappa shape index (κ1) is 11.7. The maximum absolute atomic E-state index is 12.3. The molecule has 1 aromatic rings. The van der Waals surface area contributed by atoms with Crippen molar-refractivity contribution < 1.29 is 9.53 Å². The Labute approximate surface area is 107 Å². The van der Waals surface area contributed by atoms with Crippen LogP contribution < -0.4 is 10.5 Å². The number of rotatable bonds is 3. The lowest BCUT2D eigenvalue weighted by Crippen LogP contribution is -2.38. The van der Waals surface area contributed by atoms with Crippen molar-refractivity contribution in [1.82, 2.24) is 0 Å². The van der Waals surface area contributed by atoms with Crippen LogP contribution >= 0.6 is 0 Å². The Hall–Kier alpha value is -1.35. The number of ketones is 1. The van der Waals surface area contributed by atoms with Gasteiger partial charge in [0.05, 0.1) is 6.61 Å². The third-order valence-corrected chi connectivity index (χ3v) is 4.12. The summed E-state index contributed by atoms with van der Waals surface area (Å²) in [4.78, 5) is 12.3. The van der Waals surface area contributed by atoms with E-state index in [4.69, 9.17) is 10.5 Å². The summed E-state index contributed by atoms with van der Waals surface area (Å²) in [6.45, 7) is 0.730. The molecule has 3 rings (SSSR count). The topological polar surface area (TPSA) is 52.3 Å². The van der Waals surface area contributed by atoms with Gasteiger partial charge in [-0.25, -0.2) is 0 Å². The van der Waals surface area contributed by atoms with Crippen LogP contribution in [0.25, 0.3) is 0 Å². The fourth-order valence-electron chi connectivity index (χ4n) is 3.04. The predicted octanol–water partition coefficient (Wildman–Crippen LogP) is 2.47. The average molecular weight is 245 g/mol. The average Bonchev–Trinajstić information content (AvgIpc) is 2.96. The monoisotopic (exact) mass is 245 g/mol. The second-order valence-electron chi connectivity index (χ2n) is 5.59. The molecule has 1 aliphatic heterocycles.